The fourth-order valence-corrected chi connectivity index (χ4v) is 5.60. The molecule has 4 nitrogen and oxygen atoms in total. The molecule has 180 valence electrons. The minimum Gasteiger partial charge on any atom is -0.332 e. The van der Waals surface area contributed by atoms with Crippen molar-refractivity contribution in [3.63, 3.8) is 0 Å². The maximum atomic E-state index is 15.2. The molecule has 0 saturated heterocycles. The molecule has 0 aliphatic heterocycles. The van der Waals surface area contributed by atoms with Crippen LogP contribution in [0.3, 0.4) is 0 Å². The van der Waals surface area contributed by atoms with Gasteiger partial charge in [-0.3, -0.25) is 9.59 Å². The van der Waals surface area contributed by atoms with Crippen LogP contribution in [0, 0.1) is 12.7 Å². The summed E-state index contributed by atoms with van der Waals surface area (Å²) in [6.07, 6.45) is 0.406. The van der Waals surface area contributed by atoms with E-state index in [1.807, 2.05) is 32.0 Å². The summed E-state index contributed by atoms with van der Waals surface area (Å²) >= 11 is 19.6. The molecule has 0 aliphatic rings. The normalized spacial score (nSPS) is 11.1. The minimum atomic E-state index is -0.604. The van der Waals surface area contributed by atoms with Gasteiger partial charge >= 0.3 is 0 Å². The van der Waals surface area contributed by atoms with Gasteiger partial charge in [-0.1, -0.05) is 65.6 Å². The topological polar surface area (TPSA) is 51.1 Å². The first-order valence-corrected chi connectivity index (χ1v) is 12.7. The SMILES string of the molecule is CCC(=O)c1cccc(Sc2c(C)n(CC(=O)Nc3cc(Cl)cc(Cl)c3)c3c(F)c(Cl)ccc23)c1. The number of aromatic nitrogens is 1. The van der Waals surface area contributed by atoms with Crippen molar-refractivity contribution in [2.24, 2.45) is 0 Å². The first-order valence-electron chi connectivity index (χ1n) is 10.7. The van der Waals surface area contributed by atoms with Crippen molar-refractivity contribution in [1.29, 1.82) is 0 Å². The van der Waals surface area contributed by atoms with Gasteiger partial charge in [0.2, 0.25) is 5.91 Å². The van der Waals surface area contributed by atoms with Gasteiger partial charge in [0.1, 0.15) is 6.54 Å². The molecule has 0 bridgehead atoms. The fourth-order valence-electron chi connectivity index (χ4n) is 3.82. The van der Waals surface area contributed by atoms with E-state index in [4.69, 9.17) is 34.8 Å². The molecular formula is C26H20Cl3FN2O2S. The van der Waals surface area contributed by atoms with Crippen LogP contribution < -0.4 is 5.32 Å². The zero-order valence-electron chi connectivity index (χ0n) is 18.8. The molecular weight excluding hydrogens is 530 g/mol. The van der Waals surface area contributed by atoms with Gasteiger partial charge < -0.3 is 9.88 Å². The van der Waals surface area contributed by atoms with E-state index in [1.165, 1.54) is 17.8 Å². The Morgan fingerprint density at radius 1 is 1.03 bits per heavy atom. The number of carbonyl (C=O) groups is 2. The molecule has 4 aromatic rings. The third-order valence-corrected chi connectivity index (χ3v) is 7.40. The molecule has 1 N–H and O–H groups in total. The van der Waals surface area contributed by atoms with E-state index in [2.05, 4.69) is 5.32 Å². The zero-order chi connectivity index (χ0) is 25.3. The van der Waals surface area contributed by atoms with Crippen molar-refractivity contribution < 1.29 is 14.0 Å². The summed E-state index contributed by atoms with van der Waals surface area (Å²) < 4.78 is 16.8. The number of nitrogens with one attached hydrogen (secondary N) is 1. The molecule has 0 fully saturated rings. The predicted octanol–water partition coefficient (Wildman–Crippen LogP) is 8.43. The van der Waals surface area contributed by atoms with E-state index in [1.54, 1.807) is 34.9 Å². The number of Topliss-reactive ketones (excluding diaryl/α,β-unsaturated/α-hetero) is 1. The number of fused-ring (bicyclic) bond motifs is 1. The first-order chi connectivity index (χ1) is 16.7. The summed E-state index contributed by atoms with van der Waals surface area (Å²) in [7, 11) is 0. The number of carbonyl (C=O) groups excluding carboxylic acids is 2. The van der Waals surface area contributed by atoms with Crippen LogP contribution in [0.25, 0.3) is 10.9 Å². The van der Waals surface area contributed by atoms with Gasteiger partial charge in [0, 0.05) is 48.6 Å². The van der Waals surface area contributed by atoms with E-state index in [0.717, 1.165) is 9.79 Å². The Balaban J connectivity index is 1.73. The van der Waals surface area contributed by atoms with Crippen LogP contribution in [0.1, 0.15) is 29.4 Å². The number of halogens is 4. The van der Waals surface area contributed by atoms with Gasteiger partial charge in [0.05, 0.1) is 10.5 Å². The molecule has 3 aromatic carbocycles. The van der Waals surface area contributed by atoms with Crippen LogP contribution in [-0.4, -0.2) is 16.3 Å². The molecule has 1 aromatic heterocycles. The van der Waals surface area contributed by atoms with Crippen molar-refractivity contribution in [3.05, 3.63) is 86.7 Å². The number of hydrogen-bond acceptors (Lipinski definition) is 3. The second-order valence-electron chi connectivity index (χ2n) is 7.87. The highest BCUT2D eigenvalue weighted by atomic mass is 35.5. The Hall–Kier alpha value is -2.51. The van der Waals surface area contributed by atoms with Gasteiger partial charge in [-0.2, -0.15) is 0 Å². The summed E-state index contributed by atoms with van der Waals surface area (Å²) in [5.74, 6) is -0.940. The van der Waals surface area contributed by atoms with E-state index in [9.17, 15) is 9.59 Å². The summed E-state index contributed by atoms with van der Waals surface area (Å²) in [5.41, 5.74) is 1.98. The van der Waals surface area contributed by atoms with Crippen molar-refractivity contribution in [2.75, 3.05) is 5.32 Å². The average Bonchev–Trinajstić information content (AvgIpc) is 3.06. The highest BCUT2D eigenvalue weighted by molar-refractivity contribution is 7.99. The molecule has 0 saturated carbocycles. The van der Waals surface area contributed by atoms with E-state index >= 15 is 4.39 Å². The summed E-state index contributed by atoms with van der Waals surface area (Å²) in [6, 6.07) is 15.3. The average molecular weight is 550 g/mol. The van der Waals surface area contributed by atoms with E-state index < -0.39 is 5.82 Å². The third-order valence-electron chi connectivity index (χ3n) is 5.46. The number of anilines is 1. The van der Waals surface area contributed by atoms with Crippen LogP contribution >= 0.6 is 46.6 Å². The summed E-state index contributed by atoms with van der Waals surface area (Å²) in [6.45, 7) is 3.48. The highest BCUT2D eigenvalue weighted by Crippen LogP contribution is 2.40. The third kappa shape index (κ3) is 5.51. The van der Waals surface area contributed by atoms with Crippen molar-refractivity contribution in [3.8, 4) is 0 Å². The second kappa shape index (κ2) is 10.6. The van der Waals surface area contributed by atoms with Gasteiger partial charge in [-0.05, 0) is 49.4 Å². The lowest BCUT2D eigenvalue weighted by atomic mass is 10.1. The molecule has 0 unspecified atom stereocenters. The first kappa shape index (κ1) is 25.6. The molecule has 1 amide bonds. The number of ketones is 1. The number of amides is 1. The monoisotopic (exact) mass is 548 g/mol. The number of hydrogen-bond donors (Lipinski definition) is 1. The smallest absolute Gasteiger partial charge is 0.244 e. The molecule has 0 atom stereocenters. The van der Waals surface area contributed by atoms with Crippen LogP contribution in [0.5, 0.6) is 0 Å². The minimum absolute atomic E-state index is 0.0367. The molecule has 35 heavy (non-hydrogen) atoms. The number of benzene rings is 3. The van der Waals surface area contributed by atoms with E-state index in [-0.39, 0.29) is 28.8 Å². The van der Waals surface area contributed by atoms with Crippen molar-refractivity contribution >= 4 is 74.8 Å². The Bertz CT molecular complexity index is 1450. The quantitative estimate of drug-likeness (QED) is 0.235. The maximum Gasteiger partial charge on any atom is 0.244 e. The van der Waals surface area contributed by atoms with Gasteiger partial charge in [-0.25, -0.2) is 4.39 Å². The zero-order valence-corrected chi connectivity index (χ0v) is 21.9. The largest absolute Gasteiger partial charge is 0.332 e. The van der Waals surface area contributed by atoms with E-state index in [0.29, 0.717) is 38.8 Å². The number of rotatable bonds is 7. The standard InChI is InChI=1S/C26H20Cl3FN2O2S/c1-3-22(33)15-5-4-6-19(9-15)35-26-14(2)32(25-20(26)7-8-21(29)24(25)30)13-23(34)31-18-11-16(27)10-17(28)12-18/h4-12H,3,13H2,1-2H3,(H,31,34). The molecule has 4 rings (SSSR count). The maximum absolute atomic E-state index is 15.2. The molecule has 0 aliphatic carbocycles. The van der Waals surface area contributed by atoms with Crippen LogP contribution in [0.2, 0.25) is 15.1 Å². The van der Waals surface area contributed by atoms with Crippen LogP contribution in [-0.2, 0) is 11.3 Å². The Morgan fingerprint density at radius 2 is 1.74 bits per heavy atom. The van der Waals surface area contributed by atoms with Crippen LogP contribution in [0.4, 0.5) is 10.1 Å². The second-order valence-corrected chi connectivity index (χ2v) is 10.2. The number of nitrogens with zero attached hydrogens (tertiary/aromatic N) is 1. The Kier molecular flexibility index (Phi) is 7.77. The van der Waals surface area contributed by atoms with Gasteiger partial charge in [0.25, 0.3) is 0 Å². The van der Waals surface area contributed by atoms with Gasteiger partial charge in [-0.15, -0.1) is 0 Å². The van der Waals surface area contributed by atoms with Crippen molar-refractivity contribution in [1.82, 2.24) is 4.57 Å². The van der Waals surface area contributed by atoms with Gasteiger partial charge in [0.15, 0.2) is 11.6 Å². The Morgan fingerprint density at radius 3 is 2.43 bits per heavy atom. The highest BCUT2D eigenvalue weighted by Gasteiger charge is 2.22. The lowest BCUT2D eigenvalue weighted by Crippen LogP contribution is -2.19. The molecule has 9 heteroatoms. The lowest BCUT2D eigenvalue weighted by Gasteiger charge is -2.11. The lowest BCUT2D eigenvalue weighted by molar-refractivity contribution is -0.116. The van der Waals surface area contributed by atoms with Crippen molar-refractivity contribution in [2.45, 2.75) is 36.6 Å². The fraction of sp³-hybridized carbons (Fsp3) is 0.154. The molecule has 0 radical (unpaired) electrons. The Labute approximate surface area is 221 Å². The molecule has 1 heterocycles. The predicted molar refractivity (Wildman–Crippen MR) is 142 cm³/mol. The van der Waals surface area contributed by atoms with Crippen LogP contribution in [0.15, 0.2) is 64.4 Å². The summed E-state index contributed by atoms with van der Waals surface area (Å²) in [4.78, 5) is 26.7. The molecule has 0 spiro atoms. The summed E-state index contributed by atoms with van der Waals surface area (Å²) in [5, 5.41) is 4.11.